The highest BCUT2D eigenvalue weighted by Gasteiger charge is 2.42. The molecule has 0 radical (unpaired) electrons. The van der Waals surface area contributed by atoms with E-state index < -0.39 is 0 Å². The van der Waals surface area contributed by atoms with E-state index in [0.29, 0.717) is 13.0 Å². The Labute approximate surface area is 122 Å². The Bertz CT molecular complexity index is 483. The number of likely N-dealkylation sites (tertiary alicyclic amines) is 1. The van der Waals surface area contributed by atoms with Crippen molar-refractivity contribution < 1.29 is 9.59 Å². The van der Waals surface area contributed by atoms with E-state index in [4.69, 9.17) is 0 Å². The molecule has 6 heteroatoms. The smallest absolute Gasteiger partial charge is 0.247 e. The van der Waals surface area contributed by atoms with Crippen LogP contribution >= 0.6 is 11.3 Å². The van der Waals surface area contributed by atoms with Crippen molar-refractivity contribution in [2.75, 3.05) is 6.54 Å². The maximum Gasteiger partial charge on any atom is 0.247 e. The third-order valence-electron chi connectivity index (χ3n) is 4.09. The molecule has 1 aliphatic heterocycles. The summed E-state index contributed by atoms with van der Waals surface area (Å²) in [5, 5.41) is 6.21. The number of aromatic nitrogens is 1. The van der Waals surface area contributed by atoms with Crippen LogP contribution in [0.2, 0.25) is 0 Å². The maximum absolute atomic E-state index is 12.3. The van der Waals surface area contributed by atoms with Gasteiger partial charge in [-0.3, -0.25) is 14.5 Å². The average Bonchev–Trinajstić information content (AvgIpc) is 3.13. The Morgan fingerprint density at radius 3 is 2.85 bits per heavy atom. The molecule has 2 aliphatic rings. The molecule has 0 aromatic carbocycles. The SMILES string of the molecule is O=C1CC(NCCc2nccs2)C(=O)N1C1CCCC1. The van der Waals surface area contributed by atoms with E-state index in [1.165, 1.54) is 4.90 Å². The van der Waals surface area contributed by atoms with Gasteiger partial charge in [0.15, 0.2) is 0 Å². The number of carbonyl (C=O) groups is 2. The molecule has 2 amide bonds. The number of amides is 2. The standard InChI is InChI=1S/C14H19N3O2S/c18-13-9-11(15-6-5-12-16-7-8-20-12)14(19)17(13)10-3-1-2-4-10/h7-8,10-11,15H,1-6,9H2. The number of hydrogen-bond acceptors (Lipinski definition) is 5. The minimum atomic E-state index is -0.330. The zero-order chi connectivity index (χ0) is 13.9. The molecule has 0 spiro atoms. The first-order valence-electron chi connectivity index (χ1n) is 7.23. The number of thiazole rings is 1. The van der Waals surface area contributed by atoms with E-state index in [9.17, 15) is 9.59 Å². The molecule has 0 bridgehead atoms. The van der Waals surface area contributed by atoms with Gasteiger partial charge in [-0.25, -0.2) is 4.98 Å². The van der Waals surface area contributed by atoms with Gasteiger partial charge in [-0.15, -0.1) is 11.3 Å². The van der Waals surface area contributed by atoms with Crippen LogP contribution in [-0.2, 0) is 16.0 Å². The number of nitrogens with one attached hydrogen (secondary N) is 1. The molecule has 2 fully saturated rings. The van der Waals surface area contributed by atoms with E-state index in [1.54, 1.807) is 17.5 Å². The second-order valence-electron chi connectivity index (χ2n) is 5.43. The lowest BCUT2D eigenvalue weighted by Gasteiger charge is -2.22. The van der Waals surface area contributed by atoms with Gasteiger partial charge in [-0.05, 0) is 12.8 Å². The molecule has 5 nitrogen and oxygen atoms in total. The van der Waals surface area contributed by atoms with Crippen molar-refractivity contribution in [2.24, 2.45) is 0 Å². The molecule has 1 aromatic rings. The zero-order valence-corrected chi connectivity index (χ0v) is 12.2. The van der Waals surface area contributed by atoms with Gasteiger partial charge >= 0.3 is 0 Å². The summed E-state index contributed by atoms with van der Waals surface area (Å²) in [6, 6.07) is -0.177. The lowest BCUT2D eigenvalue weighted by molar-refractivity contribution is -0.141. The van der Waals surface area contributed by atoms with Crippen molar-refractivity contribution in [1.29, 1.82) is 0 Å². The predicted molar refractivity (Wildman–Crippen MR) is 76.3 cm³/mol. The fourth-order valence-electron chi connectivity index (χ4n) is 3.09. The first-order chi connectivity index (χ1) is 9.75. The highest BCUT2D eigenvalue weighted by molar-refractivity contribution is 7.09. The monoisotopic (exact) mass is 293 g/mol. The molecular formula is C14H19N3O2S. The number of carbonyl (C=O) groups excluding carboxylic acids is 2. The highest BCUT2D eigenvalue weighted by Crippen LogP contribution is 2.28. The van der Waals surface area contributed by atoms with Crippen molar-refractivity contribution in [3.8, 4) is 0 Å². The number of hydrogen-bond donors (Lipinski definition) is 1. The van der Waals surface area contributed by atoms with E-state index in [-0.39, 0.29) is 23.9 Å². The summed E-state index contributed by atoms with van der Waals surface area (Å²) < 4.78 is 0. The number of nitrogens with zero attached hydrogens (tertiary/aromatic N) is 2. The minimum absolute atomic E-state index is 0.00588. The van der Waals surface area contributed by atoms with Crippen LogP contribution in [-0.4, -0.2) is 40.3 Å². The Morgan fingerprint density at radius 2 is 2.15 bits per heavy atom. The van der Waals surface area contributed by atoms with Crippen LogP contribution in [0.15, 0.2) is 11.6 Å². The Balaban J connectivity index is 1.53. The molecule has 20 heavy (non-hydrogen) atoms. The van der Waals surface area contributed by atoms with Crippen LogP contribution in [0.4, 0.5) is 0 Å². The quantitative estimate of drug-likeness (QED) is 0.832. The van der Waals surface area contributed by atoms with Crippen molar-refractivity contribution >= 4 is 23.2 Å². The predicted octanol–water partition coefficient (Wildman–Crippen LogP) is 1.35. The highest BCUT2D eigenvalue weighted by atomic mass is 32.1. The third kappa shape index (κ3) is 2.76. The van der Waals surface area contributed by atoms with Crippen molar-refractivity contribution in [3.63, 3.8) is 0 Å². The molecule has 1 aromatic heterocycles. The summed E-state index contributed by atoms with van der Waals surface area (Å²) in [7, 11) is 0. The molecule has 1 unspecified atom stereocenters. The van der Waals surface area contributed by atoms with E-state index in [2.05, 4.69) is 10.3 Å². The molecule has 108 valence electrons. The van der Waals surface area contributed by atoms with Crippen molar-refractivity contribution in [2.45, 2.75) is 50.6 Å². The van der Waals surface area contributed by atoms with Crippen LogP contribution in [0.3, 0.4) is 0 Å². The van der Waals surface area contributed by atoms with Crippen LogP contribution in [0.1, 0.15) is 37.1 Å². The van der Waals surface area contributed by atoms with Gasteiger partial charge in [-0.2, -0.15) is 0 Å². The van der Waals surface area contributed by atoms with Crippen molar-refractivity contribution in [1.82, 2.24) is 15.2 Å². The normalized spacial score (nSPS) is 24.0. The van der Waals surface area contributed by atoms with Gasteiger partial charge in [0.05, 0.1) is 17.5 Å². The van der Waals surface area contributed by atoms with E-state index in [0.717, 1.165) is 37.1 Å². The Morgan fingerprint density at radius 1 is 1.35 bits per heavy atom. The summed E-state index contributed by atoms with van der Waals surface area (Å²) in [4.78, 5) is 30.1. The topological polar surface area (TPSA) is 62.3 Å². The first kappa shape index (κ1) is 13.7. The maximum atomic E-state index is 12.3. The largest absolute Gasteiger partial charge is 0.305 e. The van der Waals surface area contributed by atoms with Gasteiger partial charge in [0.1, 0.15) is 0 Å². The first-order valence-corrected chi connectivity index (χ1v) is 8.11. The Kier molecular flexibility index (Phi) is 4.12. The van der Waals surface area contributed by atoms with Crippen LogP contribution in [0, 0.1) is 0 Å². The number of rotatable bonds is 5. The summed E-state index contributed by atoms with van der Waals surface area (Å²) in [6.07, 6.45) is 7.11. The van der Waals surface area contributed by atoms with Gasteiger partial charge < -0.3 is 5.32 Å². The van der Waals surface area contributed by atoms with Gasteiger partial charge in [-0.1, -0.05) is 12.8 Å². The molecule has 1 saturated carbocycles. The van der Waals surface area contributed by atoms with Crippen LogP contribution in [0.5, 0.6) is 0 Å². The van der Waals surface area contributed by atoms with Crippen LogP contribution < -0.4 is 5.32 Å². The minimum Gasteiger partial charge on any atom is -0.305 e. The molecule has 1 saturated heterocycles. The lowest BCUT2D eigenvalue weighted by atomic mass is 10.2. The summed E-state index contributed by atoms with van der Waals surface area (Å²) >= 11 is 1.61. The fraction of sp³-hybridized carbons (Fsp3) is 0.643. The molecule has 2 heterocycles. The Hall–Kier alpha value is -1.27. The number of imide groups is 1. The van der Waals surface area contributed by atoms with Crippen LogP contribution in [0.25, 0.3) is 0 Å². The lowest BCUT2D eigenvalue weighted by Crippen LogP contribution is -2.43. The summed E-state index contributed by atoms with van der Waals surface area (Å²) in [6.45, 7) is 0.690. The molecule has 1 atom stereocenters. The van der Waals surface area contributed by atoms with Crippen molar-refractivity contribution in [3.05, 3.63) is 16.6 Å². The second kappa shape index (κ2) is 6.01. The molecule has 1 N–H and O–H groups in total. The van der Waals surface area contributed by atoms with E-state index in [1.807, 2.05) is 5.38 Å². The van der Waals surface area contributed by atoms with E-state index >= 15 is 0 Å². The second-order valence-corrected chi connectivity index (χ2v) is 6.41. The third-order valence-corrected chi connectivity index (χ3v) is 4.93. The fourth-order valence-corrected chi connectivity index (χ4v) is 3.71. The van der Waals surface area contributed by atoms with Gasteiger partial charge in [0.25, 0.3) is 0 Å². The summed E-state index contributed by atoms with van der Waals surface area (Å²) in [5.41, 5.74) is 0. The average molecular weight is 293 g/mol. The molecule has 1 aliphatic carbocycles. The molecule has 3 rings (SSSR count). The van der Waals surface area contributed by atoms with Gasteiger partial charge in [0, 0.05) is 30.6 Å². The van der Waals surface area contributed by atoms with Gasteiger partial charge in [0.2, 0.25) is 11.8 Å². The molecular weight excluding hydrogens is 274 g/mol. The zero-order valence-electron chi connectivity index (χ0n) is 11.4. The summed E-state index contributed by atoms with van der Waals surface area (Å²) in [5.74, 6) is -0.0327.